The molecule has 2 aliphatic rings. The second kappa shape index (κ2) is 4.91. The summed E-state index contributed by atoms with van der Waals surface area (Å²) in [5.74, 6) is 2.25. The van der Waals surface area contributed by atoms with Crippen molar-refractivity contribution in [3.63, 3.8) is 0 Å². The molecule has 1 aromatic carbocycles. The third-order valence-electron chi connectivity index (χ3n) is 3.78. The van der Waals surface area contributed by atoms with Gasteiger partial charge in [0.1, 0.15) is 0 Å². The first kappa shape index (κ1) is 11.4. The molecule has 1 atom stereocenters. The molecule has 0 saturated carbocycles. The zero-order chi connectivity index (χ0) is 11.7. The number of hydrogen-bond acceptors (Lipinski definition) is 2. The number of aryl methyl sites for hydroxylation is 2. The molecule has 92 valence electrons. The monoisotopic (exact) mass is 249 g/mol. The molecule has 0 aromatic heterocycles. The van der Waals surface area contributed by atoms with E-state index in [0.717, 1.165) is 24.6 Å². The van der Waals surface area contributed by atoms with Crippen LogP contribution in [0.4, 0.5) is 0 Å². The molecular weight excluding hydrogens is 230 g/mol. The lowest BCUT2D eigenvalue weighted by molar-refractivity contribution is 0.382. The standard InChI is InChI=1S/C14H19NOS/c16-17(10-12-7-15-8-12)9-11-4-5-13-2-1-3-14(13)6-11/h4-6,12,15H,1-3,7-10H2. The average molecular weight is 249 g/mol. The van der Waals surface area contributed by atoms with Crippen LogP contribution in [0.25, 0.3) is 0 Å². The highest BCUT2D eigenvalue weighted by Crippen LogP contribution is 2.23. The van der Waals surface area contributed by atoms with E-state index in [1.54, 1.807) is 0 Å². The molecule has 1 saturated heterocycles. The van der Waals surface area contributed by atoms with Crippen LogP contribution in [-0.4, -0.2) is 23.1 Å². The first-order valence-corrected chi connectivity index (χ1v) is 7.96. The smallest absolute Gasteiger partial charge is 0.0485 e. The van der Waals surface area contributed by atoms with Crippen molar-refractivity contribution in [1.29, 1.82) is 0 Å². The lowest BCUT2D eigenvalue weighted by Gasteiger charge is -2.26. The Bertz CT molecular complexity index is 440. The summed E-state index contributed by atoms with van der Waals surface area (Å²) in [5.41, 5.74) is 4.25. The summed E-state index contributed by atoms with van der Waals surface area (Å²) in [6.45, 7) is 2.10. The van der Waals surface area contributed by atoms with E-state index in [9.17, 15) is 4.21 Å². The Morgan fingerprint density at radius 2 is 2.06 bits per heavy atom. The predicted molar refractivity (Wildman–Crippen MR) is 71.5 cm³/mol. The second-order valence-corrected chi connectivity index (χ2v) is 6.73. The summed E-state index contributed by atoms with van der Waals surface area (Å²) >= 11 is 0. The number of rotatable bonds is 4. The fourth-order valence-corrected chi connectivity index (χ4v) is 4.12. The Morgan fingerprint density at radius 1 is 1.24 bits per heavy atom. The summed E-state index contributed by atoms with van der Waals surface area (Å²) in [5, 5.41) is 3.23. The van der Waals surface area contributed by atoms with Gasteiger partial charge in [-0.2, -0.15) is 0 Å². The maximum absolute atomic E-state index is 12.0. The highest BCUT2D eigenvalue weighted by Gasteiger charge is 2.19. The van der Waals surface area contributed by atoms with Gasteiger partial charge in [0.2, 0.25) is 0 Å². The molecule has 3 rings (SSSR count). The predicted octanol–water partition coefficient (Wildman–Crippen LogP) is 1.64. The van der Waals surface area contributed by atoms with E-state index in [1.165, 1.54) is 36.0 Å². The summed E-state index contributed by atoms with van der Waals surface area (Å²) < 4.78 is 12.0. The Kier molecular flexibility index (Phi) is 3.30. The van der Waals surface area contributed by atoms with E-state index < -0.39 is 10.8 Å². The van der Waals surface area contributed by atoms with Crippen LogP contribution < -0.4 is 5.32 Å². The van der Waals surface area contributed by atoms with Crippen molar-refractivity contribution in [3.8, 4) is 0 Å². The van der Waals surface area contributed by atoms with Gasteiger partial charge in [0, 0.05) is 35.4 Å². The van der Waals surface area contributed by atoms with E-state index in [2.05, 4.69) is 23.5 Å². The van der Waals surface area contributed by atoms with Gasteiger partial charge in [0.25, 0.3) is 0 Å². The van der Waals surface area contributed by atoms with Gasteiger partial charge < -0.3 is 5.32 Å². The number of fused-ring (bicyclic) bond motifs is 1. The van der Waals surface area contributed by atoms with E-state index in [-0.39, 0.29) is 0 Å². The number of benzene rings is 1. The van der Waals surface area contributed by atoms with Gasteiger partial charge in [-0.05, 0) is 41.9 Å². The zero-order valence-corrected chi connectivity index (χ0v) is 10.9. The highest BCUT2D eigenvalue weighted by atomic mass is 32.2. The van der Waals surface area contributed by atoms with Gasteiger partial charge in [-0.1, -0.05) is 18.2 Å². The highest BCUT2D eigenvalue weighted by molar-refractivity contribution is 7.84. The molecular formula is C14H19NOS. The van der Waals surface area contributed by atoms with Gasteiger partial charge in [-0.3, -0.25) is 4.21 Å². The second-order valence-electron chi connectivity index (χ2n) is 5.23. The van der Waals surface area contributed by atoms with E-state index in [1.807, 2.05) is 0 Å². The van der Waals surface area contributed by atoms with Crippen molar-refractivity contribution >= 4 is 10.8 Å². The molecule has 3 heteroatoms. The fraction of sp³-hybridized carbons (Fsp3) is 0.571. The first-order valence-electron chi connectivity index (χ1n) is 6.47. The molecule has 17 heavy (non-hydrogen) atoms. The first-order chi connectivity index (χ1) is 8.31. The van der Waals surface area contributed by atoms with Crippen LogP contribution in [0.15, 0.2) is 18.2 Å². The molecule has 1 heterocycles. The average Bonchev–Trinajstić information content (AvgIpc) is 2.71. The molecule has 1 fully saturated rings. The van der Waals surface area contributed by atoms with Crippen molar-refractivity contribution in [2.75, 3.05) is 18.8 Å². The van der Waals surface area contributed by atoms with E-state index >= 15 is 0 Å². The van der Waals surface area contributed by atoms with Gasteiger partial charge in [-0.25, -0.2) is 0 Å². The maximum Gasteiger partial charge on any atom is 0.0485 e. The largest absolute Gasteiger partial charge is 0.316 e. The van der Waals surface area contributed by atoms with E-state index in [0.29, 0.717) is 5.92 Å². The molecule has 1 unspecified atom stereocenters. The molecule has 1 aliphatic heterocycles. The summed E-state index contributed by atoms with van der Waals surface area (Å²) in [6.07, 6.45) is 3.73. The molecule has 0 bridgehead atoms. The molecule has 1 aromatic rings. The molecule has 0 spiro atoms. The van der Waals surface area contributed by atoms with Crippen LogP contribution >= 0.6 is 0 Å². The Balaban J connectivity index is 1.62. The lowest BCUT2D eigenvalue weighted by Crippen LogP contribution is -2.44. The quantitative estimate of drug-likeness (QED) is 0.879. The summed E-state index contributed by atoms with van der Waals surface area (Å²) in [6, 6.07) is 6.68. The van der Waals surface area contributed by atoms with Crippen LogP contribution in [-0.2, 0) is 29.4 Å². The molecule has 0 radical (unpaired) electrons. The van der Waals surface area contributed by atoms with Crippen molar-refractivity contribution in [2.45, 2.75) is 25.0 Å². The summed E-state index contributed by atoms with van der Waals surface area (Å²) in [4.78, 5) is 0. The third-order valence-corrected chi connectivity index (χ3v) is 5.28. The minimum Gasteiger partial charge on any atom is -0.316 e. The maximum atomic E-state index is 12.0. The van der Waals surface area contributed by atoms with Crippen molar-refractivity contribution < 1.29 is 4.21 Å². The van der Waals surface area contributed by atoms with Crippen LogP contribution in [0.2, 0.25) is 0 Å². The molecule has 1 N–H and O–H groups in total. The van der Waals surface area contributed by atoms with E-state index in [4.69, 9.17) is 0 Å². The van der Waals surface area contributed by atoms with Crippen LogP contribution in [0.5, 0.6) is 0 Å². The lowest BCUT2D eigenvalue weighted by atomic mass is 10.1. The van der Waals surface area contributed by atoms with Crippen LogP contribution in [0.3, 0.4) is 0 Å². The zero-order valence-electron chi connectivity index (χ0n) is 10.1. The van der Waals surface area contributed by atoms with Gasteiger partial charge in [-0.15, -0.1) is 0 Å². The van der Waals surface area contributed by atoms with Crippen molar-refractivity contribution in [1.82, 2.24) is 5.32 Å². The SMILES string of the molecule is O=S(Cc1ccc2c(c1)CCC2)CC1CNC1. The number of nitrogens with one attached hydrogen (secondary N) is 1. The molecule has 2 nitrogen and oxygen atoms in total. The Labute approximate surface area is 105 Å². The van der Waals surface area contributed by atoms with Gasteiger partial charge in [0.05, 0.1) is 0 Å². The minimum atomic E-state index is -0.686. The topological polar surface area (TPSA) is 29.1 Å². The van der Waals surface area contributed by atoms with Crippen molar-refractivity contribution in [3.05, 3.63) is 34.9 Å². The Morgan fingerprint density at radius 3 is 2.82 bits per heavy atom. The van der Waals surface area contributed by atoms with Crippen molar-refractivity contribution in [2.24, 2.45) is 5.92 Å². The fourth-order valence-electron chi connectivity index (χ4n) is 2.69. The Hall–Kier alpha value is -0.670. The number of hydrogen-bond donors (Lipinski definition) is 1. The normalized spacial score (nSPS) is 20.9. The van der Waals surface area contributed by atoms with Crippen LogP contribution in [0, 0.1) is 5.92 Å². The minimum absolute atomic E-state index is 0.644. The molecule has 1 aliphatic carbocycles. The van der Waals surface area contributed by atoms with Gasteiger partial charge >= 0.3 is 0 Å². The van der Waals surface area contributed by atoms with Gasteiger partial charge in [0.15, 0.2) is 0 Å². The van der Waals surface area contributed by atoms with Crippen LogP contribution in [0.1, 0.15) is 23.1 Å². The summed E-state index contributed by atoms with van der Waals surface area (Å²) in [7, 11) is -0.686. The molecule has 0 amide bonds. The third kappa shape index (κ3) is 2.61.